The van der Waals surface area contributed by atoms with E-state index in [4.69, 9.17) is 10.5 Å². The number of hydrogen-bond acceptors (Lipinski definition) is 3. The molecule has 1 aromatic carbocycles. The first-order valence-electron chi connectivity index (χ1n) is 4.75. The van der Waals surface area contributed by atoms with Crippen LogP contribution >= 0.6 is 0 Å². The fourth-order valence-corrected chi connectivity index (χ4v) is 1.32. The molecule has 0 saturated carbocycles. The number of para-hydroxylation sites is 1. The summed E-state index contributed by atoms with van der Waals surface area (Å²) in [5.41, 5.74) is 6.54. The average Bonchev–Trinajstić information content (AvgIpc) is 2.16. The van der Waals surface area contributed by atoms with Gasteiger partial charge in [-0.1, -0.05) is 12.1 Å². The fraction of sp³-hybridized carbons (Fsp3) is 0.455. The lowest BCUT2D eigenvalue weighted by molar-refractivity contribution is 0.370. The van der Waals surface area contributed by atoms with Crippen LogP contribution in [-0.4, -0.2) is 18.3 Å². The Morgan fingerprint density at radius 1 is 1.50 bits per heavy atom. The van der Waals surface area contributed by atoms with Crippen LogP contribution < -0.4 is 10.5 Å². The summed E-state index contributed by atoms with van der Waals surface area (Å²) in [4.78, 5) is 0. The average molecular weight is 195 g/mol. The van der Waals surface area contributed by atoms with Crippen molar-refractivity contribution in [2.24, 2.45) is 5.73 Å². The van der Waals surface area contributed by atoms with E-state index >= 15 is 0 Å². The third-order valence-corrected chi connectivity index (χ3v) is 2.17. The zero-order valence-corrected chi connectivity index (χ0v) is 8.66. The van der Waals surface area contributed by atoms with Gasteiger partial charge < -0.3 is 15.6 Å². The molecule has 0 saturated heterocycles. The lowest BCUT2D eigenvalue weighted by atomic mass is 10.1. The Balaban J connectivity index is 2.76. The molecule has 1 unspecified atom stereocenters. The molecule has 0 aliphatic heterocycles. The highest BCUT2D eigenvalue weighted by atomic mass is 16.5. The standard InChI is InChI=1S/C11H17NO2/c1-8(12)6-7-9-4-3-5-10(14-2)11(9)13/h3-5,8,13H,6-7,12H2,1-2H3. The van der Waals surface area contributed by atoms with Crippen molar-refractivity contribution in [2.75, 3.05) is 7.11 Å². The number of aryl methyl sites for hydroxylation is 1. The van der Waals surface area contributed by atoms with E-state index in [0.29, 0.717) is 5.75 Å². The van der Waals surface area contributed by atoms with E-state index in [1.807, 2.05) is 19.1 Å². The van der Waals surface area contributed by atoms with Crippen molar-refractivity contribution in [1.82, 2.24) is 0 Å². The second kappa shape index (κ2) is 4.86. The molecule has 0 radical (unpaired) electrons. The van der Waals surface area contributed by atoms with Gasteiger partial charge in [0.15, 0.2) is 11.5 Å². The summed E-state index contributed by atoms with van der Waals surface area (Å²) in [6, 6.07) is 5.65. The van der Waals surface area contributed by atoms with Crippen LogP contribution in [0.5, 0.6) is 11.5 Å². The molecule has 1 aromatic rings. The second-order valence-corrected chi connectivity index (χ2v) is 3.48. The molecule has 3 N–H and O–H groups in total. The van der Waals surface area contributed by atoms with Gasteiger partial charge >= 0.3 is 0 Å². The van der Waals surface area contributed by atoms with Gasteiger partial charge in [0.2, 0.25) is 0 Å². The van der Waals surface area contributed by atoms with Crippen LogP contribution in [0.15, 0.2) is 18.2 Å². The van der Waals surface area contributed by atoms with E-state index in [1.54, 1.807) is 13.2 Å². The minimum Gasteiger partial charge on any atom is -0.504 e. The molecule has 0 aromatic heterocycles. The second-order valence-electron chi connectivity index (χ2n) is 3.48. The molecule has 78 valence electrons. The van der Waals surface area contributed by atoms with Crippen molar-refractivity contribution in [2.45, 2.75) is 25.8 Å². The number of methoxy groups -OCH3 is 1. The van der Waals surface area contributed by atoms with Crippen LogP contribution in [0.1, 0.15) is 18.9 Å². The number of hydrogen-bond donors (Lipinski definition) is 2. The number of benzene rings is 1. The van der Waals surface area contributed by atoms with E-state index in [2.05, 4.69) is 0 Å². The predicted molar refractivity (Wildman–Crippen MR) is 56.6 cm³/mol. The predicted octanol–water partition coefficient (Wildman–Crippen LogP) is 1.68. The smallest absolute Gasteiger partial charge is 0.160 e. The maximum atomic E-state index is 9.74. The Morgan fingerprint density at radius 3 is 2.79 bits per heavy atom. The van der Waals surface area contributed by atoms with Crippen LogP contribution in [0.25, 0.3) is 0 Å². The van der Waals surface area contributed by atoms with Crippen molar-refractivity contribution in [1.29, 1.82) is 0 Å². The molecule has 0 aliphatic carbocycles. The number of rotatable bonds is 4. The summed E-state index contributed by atoms with van der Waals surface area (Å²) in [6.07, 6.45) is 1.64. The molecule has 1 atom stereocenters. The molecule has 3 nitrogen and oxygen atoms in total. The monoisotopic (exact) mass is 195 g/mol. The third kappa shape index (κ3) is 2.64. The molecule has 0 heterocycles. The molecular weight excluding hydrogens is 178 g/mol. The summed E-state index contributed by atoms with van der Waals surface area (Å²) < 4.78 is 5.01. The number of ether oxygens (including phenoxy) is 1. The quantitative estimate of drug-likeness (QED) is 0.768. The van der Waals surface area contributed by atoms with Crippen molar-refractivity contribution in [3.8, 4) is 11.5 Å². The van der Waals surface area contributed by atoms with Crippen molar-refractivity contribution in [3.63, 3.8) is 0 Å². The van der Waals surface area contributed by atoms with Crippen molar-refractivity contribution < 1.29 is 9.84 Å². The Labute approximate surface area is 84.5 Å². The fourth-order valence-electron chi connectivity index (χ4n) is 1.32. The molecule has 0 aliphatic rings. The van der Waals surface area contributed by atoms with Gasteiger partial charge in [0, 0.05) is 6.04 Å². The number of phenolic OH excluding ortho intramolecular Hbond substituents is 1. The van der Waals surface area contributed by atoms with Crippen molar-refractivity contribution >= 4 is 0 Å². The lowest BCUT2D eigenvalue weighted by Crippen LogP contribution is -2.15. The van der Waals surface area contributed by atoms with Crippen molar-refractivity contribution in [3.05, 3.63) is 23.8 Å². The lowest BCUT2D eigenvalue weighted by Gasteiger charge is -2.09. The van der Waals surface area contributed by atoms with Crippen LogP contribution in [0.4, 0.5) is 0 Å². The number of phenols is 1. The summed E-state index contributed by atoms with van der Waals surface area (Å²) in [7, 11) is 1.55. The zero-order chi connectivity index (χ0) is 10.6. The first-order chi connectivity index (χ1) is 6.65. The van der Waals surface area contributed by atoms with Gasteiger partial charge in [-0.15, -0.1) is 0 Å². The number of aromatic hydroxyl groups is 1. The first-order valence-corrected chi connectivity index (χ1v) is 4.75. The van der Waals surface area contributed by atoms with Gasteiger partial charge in [-0.2, -0.15) is 0 Å². The Kier molecular flexibility index (Phi) is 3.77. The SMILES string of the molecule is COc1cccc(CCC(C)N)c1O. The molecule has 0 spiro atoms. The Bertz CT molecular complexity index is 297. The molecular formula is C11H17NO2. The van der Waals surface area contributed by atoms with Gasteiger partial charge in [0.05, 0.1) is 7.11 Å². The zero-order valence-electron chi connectivity index (χ0n) is 8.66. The first kappa shape index (κ1) is 10.9. The third-order valence-electron chi connectivity index (χ3n) is 2.17. The molecule has 0 bridgehead atoms. The highest BCUT2D eigenvalue weighted by Crippen LogP contribution is 2.30. The van der Waals surface area contributed by atoms with Gasteiger partial charge in [-0.05, 0) is 31.4 Å². The van der Waals surface area contributed by atoms with E-state index in [-0.39, 0.29) is 11.8 Å². The van der Waals surface area contributed by atoms with Crippen LogP contribution in [0, 0.1) is 0 Å². The normalized spacial score (nSPS) is 12.5. The Hall–Kier alpha value is -1.22. The van der Waals surface area contributed by atoms with Gasteiger partial charge in [-0.25, -0.2) is 0 Å². The van der Waals surface area contributed by atoms with E-state index < -0.39 is 0 Å². The van der Waals surface area contributed by atoms with E-state index in [0.717, 1.165) is 18.4 Å². The highest BCUT2D eigenvalue weighted by Gasteiger charge is 2.07. The molecule has 3 heteroatoms. The topological polar surface area (TPSA) is 55.5 Å². The molecule has 0 fully saturated rings. The number of nitrogens with two attached hydrogens (primary N) is 1. The van der Waals surface area contributed by atoms with E-state index in [9.17, 15) is 5.11 Å². The minimum absolute atomic E-state index is 0.153. The molecule has 1 rings (SSSR count). The Morgan fingerprint density at radius 2 is 2.21 bits per heavy atom. The largest absolute Gasteiger partial charge is 0.504 e. The van der Waals surface area contributed by atoms with Crippen LogP contribution in [-0.2, 0) is 6.42 Å². The molecule has 0 amide bonds. The van der Waals surface area contributed by atoms with Gasteiger partial charge in [0.1, 0.15) is 0 Å². The summed E-state index contributed by atoms with van der Waals surface area (Å²) in [5.74, 6) is 0.753. The van der Waals surface area contributed by atoms with E-state index in [1.165, 1.54) is 0 Å². The maximum absolute atomic E-state index is 9.74. The maximum Gasteiger partial charge on any atom is 0.160 e. The van der Waals surface area contributed by atoms with Crippen LogP contribution in [0.3, 0.4) is 0 Å². The summed E-state index contributed by atoms with van der Waals surface area (Å²) in [6.45, 7) is 1.96. The van der Waals surface area contributed by atoms with Crippen LogP contribution in [0.2, 0.25) is 0 Å². The van der Waals surface area contributed by atoms with Gasteiger partial charge in [-0.3, -0.25) is 0 Å². The van der Waals surface area contributed by atoms with Gasteiger partial charge in [0.25, 0.3) is 0 Å². The summed E-state index contributed by atoms with van der Waals surface area (Å²) >= 11 is 0. The molecule has 14 heavy (non-hydrogen) atoms. The minimum atomic E-state index is 0.153. The summed E-state index contributed by atoms with van der Waals surface area (Å²) in [5, 5.41) is 9.74. The highest BCUT2D eigenvalue weighted by molar-refractivity contribution is 5.45.